The third kappa shape index (κ3) is 27.5. The van der Waals surface area contributed by atoms with Crippen molar-refractivity contribution in [2.45, 2.75) is 226 Å². The molecular formula is C43H83NO6. The first-order valence-electron chi connectivity index (χ1n) is 21.9. The van der Waals surface area contributed by atoms with Gasteiger partial charge in [-0.1, -0.05) is 149 Å². The number of aliphatic carboxylic acids is 1. The molecule has 0 saturated carbocycles. The fourth-order valence-electron chi connectivity index (χ4n) is 7.30. The highest BCUT2D eigenvalue weighted by molar-refractivity contribution is 5.73. The van der Waals surface area contributed by atoms with Crippen LogP contribution in [0, 0.1) is 5.92 Å². The van der Waals surface area contributed by atoms with Gasteiger partial charge in [-0.15, -0.1) is 0 Å². The molecule has 0 aromatic heterocycles. The number of carboxylic acids is 1. The van der Waals surface area contributed by atoms with E-state index in [1.165, 1.54) is 128 Å². The molecule has 7 nitrogen and oxygen atoms in total. The van der Waals surface area contributed by atoms with E-state index in [1.54, 1.807) is 0 Å². The van der Waals surface area contributed by atoms with Gasteiger partial charge in [0.15, 0.2) is 6.29 Å². The number of carboxylic acid groups (broad SMARTS) is 1. The summed E-state index contributed by atoms with van der Waals surface area (Å²) in [5, 5.41) is 9.70. The predicted molar refractivity (Wildman–Crippen MR) is 209 cm³/mol. The average Bonchev–Trinajstić information content (AvgIpc) is 3.58. The maximum Gasteiger partial charge on any atom is 0.320 e. The van der Waals surface area contributed by atoms with Crippen molar-refractivity contribution in [2.24, 2.45) is 5.92 Å². The van der Waals surface area contributed by atoms with Crippen molar-refractivity contribution < 1.29 is 28.9 Å². The molecule has 50 heavy (non-hydrogen) atoms. The number of hydrogen-bond acceptors (Lipinski definition) is 6. The number of likely N-dealkylation sites (tertiary alicyclic amines) is 1. The van der Waals surface area contributed by atoms with Gasteiger partial charge in [0.1, 0.15) is 6.04 Å². The van der Waals surface area contributed by atoms with Gasteiger partial charge < -0.3 is 19.3 Å². The molecule has 1 fully saturated rings. The number of hydrogen-bond donors (Lipinski definition) is 1. The first-order valence-corrected chi connectivity index (χ1v) is 21.9. The zero-order valence-corrected chi connectivity index (χ0v) is 33.4. The normalized spacial score (nSPS) is 15.6. The number of carbonyl (C=O) groups excluding carboxylic acids is 1. The summed E-state index contributed by atoms with van der Waals surface area (Å²) in [4.78, 5) is 26.6. The molecule has 0 aliphatic carbocycles. The lowest BCUT2D eigenvalue weighted by Gasteiger charge is -2.27. The maximum atomic E-state index is 12.7. The van der Waals surface area contributed by atoms with Crippen molar-refractivity contribution in [3.8, 4) is 0 Å². The number of rotatable bonds is 38. The van der Waals surface area contributed by atoms with E-state index in [9.17, 15) is 14.7 Å². The Balaban J connectivity index is 2.38. The van der Waals surface area contributed by atoms with E-state index < -0.39 is 5.97 Å². The predicted octanol–water partition coefficient (Wildman–Crippen LogP) is 12.0. The minimum absolute atomic E-state index is 0.121. The Bertz CT molecular complexity index is 746. The minimum atomic E-state index is -0.700. The Labute approximate surface area is 309 Å². The van der Waals surface area contributed by atoms with Gasteiger partial charge in [-0.05, 0) is 70.3 Å². The Morgan fingerprint density at radius 2 is 1.08 bits per heavy atom. The Morgan fingerprint density at radius 1 is 0.600 bits per heavy atom. The highest BCUT2D eigenvalue weighted by Gasteiger charge is 2.31. The third-order valence-corrected chi connectivity index (χ3v) is 10.6. The van der Waals surface area contributed by atoms with Crippen molar-refractivity contribution in [1.29, 1.82) is 0 Å². The largest absolute Gasteiger partial charge is 0.480 e. The van der Waals surface area contributed by atoms with Crippen LogP contribution in [0.25, 0.3) is 0 Å². The maximum absolute atomic E-state index is 12.7. The highest BCUT2D eigenvalue weighted by Crippen LogP contribution is 2.24. The molecule has 7 heteroatoms. The lowest BCUT2D eigenvalue weighted by molar-refractivity contribution is -0.150. The van der Waals surface area contributed by atoms with E-state index in [0.29, 0.717) is 18.9 Å². The molecule has 1 heterocycles. The molecule has 1 rings (SSSR count). The summed E-state index contributed by atoms with van der Waals surface area (Å²) in [6, 6.07) is -0.360. The molecule has 1 saturated heterocycles. The molecule has 0 spiro atoms. The molecule has 2 atom stereocenters. The molecule has 0 aromatic carbocycles. The van der Waals surface area contributed by atoms with Gasteiger partial charge in [0.25, 0.3) is 0 Å². The number of esters is 1. The van der Waals surface area contributed by atoms with Gasteiger partial charge in [0.2, 0.25) is 0 Å². The lowest BCUT2D eigenvalue weighted by atomic mass is 9.96. The molecule has 0 bridgehead atoms. The van der Waals surface area contributed by atoms with Crippen molar-refractivity contribution >= 4 is 11.9 Å². The molecule has 1 unspecified atom stereocenters. The smallest absolute Gasteiger partial charge is 0.320 e. The van der Waals surface area contributed by atoms with E-state index >= 15 is 0 Å². The summed E-state index contributed by atoms with van der Waals surface area (Å²) >= 11 is 0. The Hall–Kier alpha value is -1.18. The molecule has 0 aromatic rings. The third-order valence-electron chi connectivity index (χ3n) is 10.6. The first-order chi connectivity index (χ1) is 24.5. The van der Waals surface area contributed by atoms with E-state index in [2.05, 4.69) is 25.7 Å². The lowest BCUT2D eigenvalue weighted by Crippen LogP contribution is -2.39. The van der Waals surface area contributed by atoms with Gasteiger partial charge in [-0.2, -0.15) is 0 Å². The van der Waals surface area contributed by atoms with Crippen LogP contribution in [0.4, 0.5) is 0 Å². The molecule has 296 valence electrons. The van der Waals surface area contributed by atoms with Gasteiger partial charge >= 0.3 is 11.9 Å². The number of carbonyl (C=O) groups is 2. The van der Waals surface area contributed by atoms with Crippen LogP contribution < -0.4 is 0 Å². The van der Waals surface area contributed by atoms with Crippen LogP contribution in [0.2, 0.25) is 0 Å². The molecule has 0 radical (unpaired) electrons. The fourth-order valence-corrected chi connectivity index (χ4v) is 7.30. The fraction of sp³-hybridized carbons (Fsp3) is 0.953. The van der Waals surface area contributed by atoms with Crippen LogP contribution in [0.5, 0.6) is 0 Å². The molecule has 1 aliphatic rings. The summed E-state index contributed by atoms with van der Waals surface area (Å²) in [6.07, 6.45) is 34.4. The second-order valence-electron chi connectivity index (χ2n) is 15.3. The van der Waals surface area contributed by atoms with Crippen LogP contribution in [0.15, 0.2) is 0 Å². The second-order valence-corrected chi connectivity index (χ2v) is 15.3. The monoisotopic (exact) mass is 710 g/mol. The number of ether oxygens (including phenoxy) is 3. The number of nitrogens with zero attached hydrogens (tertiary/aromatic N) is 1. The van der Waals surface area contributed by atoms with Crippen LogP contribution in [0.3, 0.4) is 0 Å². The number of unbranched alkanes of at least 4 members (excludes halogenated alkanes) is 20. The first kappa shape index (κ1) is 46.8. The van der Waals surface area contributed by atoms with Crippen molar-refractivity contribution in [3.63, 3.8) is 0 Å². The molecular weight excluding hydrogens is 626 g/mol. The van der Waals surface area contributed by atoms with E-state index in [-0.39, 0.29) is 18.3 Å². The Morgan fingerprint density at radius 3 is 1.60 bits per heavy atom. The quantitative estimate of drug-likeness (QED) is 0.0388. The Kier molecular flexibility index (Phi) is 32.7. The summed E-state index contributed by atoms with van der Waals surface area (Å²) in [6.45, 7) is 10.4. The zero-order valence-electron chi connectivity index (χ0n) is 33.4. The highest BCUT2D eigenvalue weighted by atomic mass is 16.7. The van der Waals surface area contributed by atoms with Crippen molar-refractivity contribution in [1.82, 2.24) is 4.90 Å². The van der Waals surface area contributed by atoms with Gasteiger partial charge in [0, 0.05) is 26.2 Å². The van der Waals surface area contributed by atoms with Gasteiger partial charge in [-0.25, -0.2) is 0 Å². The molecule has 1 N–H and O–H groups in total. The van der Waals surface area contributed by atoms with Crippen molar-refractivity contribution in [2.75, 3.05) is 32.9 Å². The molecule has 1 aliphatic heterocycles. The summed E-state index contributed by atoms with van der Waals surface area (Å²) in [5.74, 6) is -0.454. The van der Waals surface area contributed by atoms with Crippen LogP contribution in [-0.2, 0) is 23.8 Å². The summed E-state index contributed by atoms with van der Waals surface area (Å²) < 4.78 is 18.1. The zero-order chi connectivity index (χ0) is 36.3. The van der Waals surface area contributed by atoms with Crippen LogP contribution in [-0.4, -0.2) is 67.2 Å². The SMILES string of the molecule is CCCCCCCCCCCCC(CCOC(=O)CCCCC(OCCCCCCCC)OCCCCCCCC)CN1CCC[C@H]1C(=O)O. The summed E-state index contributed by atoms with van der Waals surface area (Å²) in [5.41, 5.74) is 0. The topological polar surface area (TPSA) is 85.3 Å². The van der Waals surface area contributed by atoms with E-state index in [4.69, 9.17) is 14.2 Å². The standard InChI is InChI=1S/C43H83NO6/c1-4-7-10-13-16-17-18-19-20-23-29-39(38-44-34-28-30-40(44)43(46)47)33-37-48-41(45)31-24-25-32-42(49-35-26-21-14-11-8-5-2)50-36-27-22-15-12-9-6-3/h39-40,42H,4-38H2,1-3H3,(H,46,47)/t39?,40-/m0/s1. The van der Waals surface area contributed by atoms with E-state index in [0.717, 1.165) is 84.1 Å². The van der Waals surface area contributed by atoms with Gasteiger partial charge in [-0.3, -0.25) is 14.5 Å². The van der Waals surface area contributed by atoms with Gasteiger partial charge in [0.05, 0.1) is 6.61 Å². The van der Waals surface area contributed by atoms with Crippen LogP contribution in [0.1, 0.15) is 213 Å². The molecule has 0 amide bonds. The van der Waals surface area contributed by atoms with Crippen LogP contribution >= 0.6 is 0 Å². The average molecular weight is 710 g/mol. The summed E-state index contributed by atoms with van der Waals surface area (Å²) in [7, 11) is 0. The van der Waals surface area contributed by atoms with Crippen molar-refractivity contribution in [3.05, 3.63) is 0 Å². The second kappa shape index (κ2) is 34.9. The minimum Gasteiger partial charge on any atom is -0.480 e. The van der Waals surface area contributed by atoms with E-state index in [1.807, 2.05) is 0 Å².